The van der Waals surface area contributed by atoms with Gasteiger partial charge in [0, 0.05) is 37.9 Å². The van der Waals surface area contributed by atoms with Crippen molar-refractivity contribution in [1.82, 2.24) is 20.9 Å². The molecule has 1 atom stereocenters. The molecule has 1 fully saturated rings. The Kier molecular flexibility index (Phi) is 8.88. The molecule has 146 valence electrons. The van der Waals surface area contributed by atoms with Gasteiger partial charge in [-0.2, -0.15) is 0 Å². The molecule has 0 saturated carbocycles. The van der Waals surface area contributed by atoms with E-state index in [0.29, 0.717) is 11.0 Å². The van der Waals surface area contributed by atoms with Gasteiger partial charge in [-0.25, -0.2) is 4.98 Å². The molecule has 0 spiro atoms. The summed E-state index contributed by atoms with van der Waals surface area (Å²) >= 11 is 6.22. The summed E-state index contributed by atoms with van der Waals surface area (Å²) in [6, 6.07) is 3.89. The number of halogens is 2. The monoisotopic (exact) mass is 494 g/mol. The summed E-state index contributed by atoms with van der Waals surface area (Å²) in [4.78, 5) is 22.6. The molecule has 7 nitrogen and oxygen atoms in total. The van der Waals surface area contributed by atoms with Crippen LogP contribution < -0.4 is 20.9 Å². The van der Waals surface area contributed by atoms with Crippen molar-refractivity contribution in [3.63, 3.8) is 0 Å². The second kappa shape index (κ2) is 10.1. The van der Waals surface area contributed by atoms with E-state index >= 15 is 0 Å². The Morgan fingerprint density at radius 3 is 2.81 bits per heavy atom. The highest BCUT2D eigenvalue weighted by Gasteiger charge is 2.25. The van der Waals surface area contributed by atoms with Crippen molar-refractivity contribution in [2.45, 2.75) is 38.8 Å². The van der Waals surface area contributed by atoms with Crippen LogP contribution in [0, 0.1) is 0 Å². The van der Waals surface area contributed by atoms with Crippen molar-refractivity contribution in [2.24, 2.45) is 4.99 Å². The van der Waals surface area contributed by atoms with Crippen LogP contribution in [0.3, 0.4) is 0 Å². The van der Waals surface area contributed by atoms with Gasteiger partial charge in [0.2, 0.25) is 5.91 Å². The number of carbonyl (C=O) groups is 1. The summed E-state index contributed by atoms with van der Waals surface area (Å²) in [6.45, 7) is 7.69. The van der Waals surface area contributed by atoms with E-state index in [1.165, 1.54) is 0 Å². The standard InChI is InChI=1S/C17H27ClN6O.HI/c1-17(2,3)23-14(25)10-21-16(19-4)22-12-7-9-24(11-12)15-13(18)6-5-8-20-15;/h5-6,8,12H,7,9-11H2,1-4H3,(H,23,25)(H2,19,21,22);1H. The minimum atomic E-state index is -0.246. The Bertz CT molecular complexity index is 634. The highest BCUT2D eigenvalue weighted by atomic mass is 127. The number of nitrogens with one attached hydrogen (secondary N) is 3. The van der Waals surface area contributed by atoms with Crippen LogP contribution in [0.15, 0.2) is 23.3 Å². The molecule has 1 saturated heterocycles. The number of amides is 1. The number of hydrogen-bond acceptors (Lipinski definition) is 4. The zero-order valence-corrected chi connectivity index (χ0v) is 18.8. The lowest BCUT2D eigenvalue weighted by molar-refractivity contribution is -0.121. The number of hydrogen-bond donors (Lipinski definition) is 3. The van der Waals surface area contributed by atoms with Gasteiger partial charge in [-0.05, 0) is 39.3 Å². The maximum atomic E-state index is 11.9. The number of guanidine groups is 1. The van der Waals surface area contributed by atoms with Gasteiger partial charge in [0.25, 0.3) is 0 Å². The number of nitrogens with zero attached hydrogens (tertiary/aromatic N) is 3. The second-order valence-corrected chi connectivity index (χ2v) is 7.52. The van der Waals surface area contributed by atoms with Crippen molar-refractivity contribution in [3.8, 4) is 0 Å². The zero-order valence-electron chi connectivity index (χ0n) is 15.7. The molecule has 9 heteroatoms. The molecule has 2 heterocycles. The third-order valence-electron chi connectivity index (χ3n) is 3.72. The molecular formula is C17H28ClIN6O. The van der Waals surface area contributed by atoms with Crippen molar-refractivity contribution < 1.29 is 4.79 Å². The lowest BCUT2D eigenvalue weighted by Gasteiger charge is -2.22. The Morgan fingerprint density at radius 2 is 2.19 bits per heavy atom. The van der Waals surface area contributed by atoms with Crippen LogP contribution >= 0.6 is 35.6 Å². The third kappa shape index (κ3) is 7.14. The van der Waals surface area contributed by atoms with E-state index < -0.39 is 0 Å². The Balaban J connectivity index is 0.00000338. The van der Waals surface area contributed by atoms with E-state index in [0.717, 1.165) is 25.3 Å². The third-order valence-corrected chi connectivity index (χ3v) is 4.02. The van der Waals surface area contributed by atoms with Gasteiger partial charge in [0.05, 0.1) is 11.6 Å². The molecule has 0 aromatic carbocycles. The van der Waals surface area contributed by atoms with Crippen LogP contribution in [-0.4, -0.2) is 55.1 Å². The summed E-state index contributed by atoms with van der Waals surface area (Å²) in [5.74, 6) is 1.35. The van der Waals surface area contributed by atoms with Gasteiger partial charge in [-0.3, -0.25) is 9.79 Å². The van der Waals surface area contributed by atoms with Gasteiger partial charge in [-0.1, -0.05) is 11.6 Å². The first-order chi connectivity index (χ1) is 11.8. The average Bonchev–Trinajstić information content (AvgIpc) is 2.98. The summed E-state index contributed by atoms with van der Waals surface area (Å²) in [5, 5.41) is 9.97. The van der Waals surface area contributed by atoms with Crippen molar-refractivity contribution in [2.75, 3.05) is 31.6 Å². The lowest BCUT2D eigenvalue weighted by Crippen LogP contribution is -2.50. The van der Waals surface area contributed by atoms with Crippen molar-refractivity contribution in [1.29, 1.82) is 0 Å². The van der Waals surface area contributed by atoms with Crippen LogP contribution in [0.4, 0.5) is 5.82 Å². The molecule has 0 bridgehead atoms. The number of carbonyl (C=O) groups excluding carboxylic acids is 1. The summed E-state index contributed by atoms with van der Waals surface area (Å²) in [7, 11) is 1.69. The fourth-order valence-electron chi connectivity index (χ4n) is 2.69. The van der Waals surface area contributed by atoms with Crippen molar-refractivity contribution in [3.05, 3.63) is 23.4 Å². The number of aliphatic imine (C=N–C) groups is 1. The molecule has 0 radical (unpaired) electrons. The van der Waals surface area contributed by atoms with E-state index in [4.69, 9.17) is 11.6 Å². The Hall–Kier alpha value is -1.29. The van der Waals surface area contributed by atoms with E-state index in [9.17, 15) is 4.79 Å². The van der Waals surface area contributed by atoms with E-state index in [-0.39, 0.29) is 48.0 Å². The first-order valence-electron chi connectivity index (χ1n) is 8.42. The molecule has 3 N–H and O–H groups in total. The molecule has 1 aromatic heterocycles. The maximum Gasteiger partial charge on any atom is 0.239 e. The fraction of sp³-hybridized carbons (Fsp3) is 0.588. The van der Waals surface area contributed by atoms with Crippen LogP contribution in [0.25, 0.3) is 0 Å². The predicted molar refractivity (Wildman–Crippen MR) is 118 cm³/mol. The smallest absolute Gasteiger partial charge is 0.239 e. The highest BCUT2D eigenvalue weighted by molar-refractivity contribution is 14.0. The summed E-state index contributed by atoms with van der Waals surface area (Å²) < 4.78 is 0. The lowest BCUT2D eigenvalue weighted by atomic mass is 10.1. The van der Waals surface area contributed by atoms with Gasteiger partial charge < -0.3 is 20.9 Å². The first-order valence-corrected chi connectivity index (χ1v) is 8.80. The molecular weight excluding hydrogens is 467 g/mol. The van der Waals surface area contributed by atoms with Crippen LogP contribution in [0.5, 0.6) is 0 Å². The normalized spacial score (nSPS) is 17.5. The highest BCUT2D eigenvalue weighted by Crippen LogP contribution is 2.25. The largest absolute Gasteiger partial charge is 0.353 e. The molecule has 2 rings (SSSR count). The van der Waals surface area contributed by atoms with Gasteiger partial charge in [0.15, 0.2) is 5.96 Å². The quantitative estimate of drug-likeness (QED) is 0.339. The van der Waals surface area contributed by atoms with Crippen molar-refractivity contribution >= 4 is 53.3 Å². The molecule has 1 unspecified atom stereocenters. The van der Waals surface area contributed by atoms with Gasteiger partial charge in [0.1, 0.15) is 5.82 Å². The Labute approximate surface area is 177 Å². The molecule has 1 amide bonds. The van der Waals surface area contributed by atoms with E-state index in [1.54, 1.807) is 13.2 Å². The molecule has 1 aliphatic heterocycles. The van der Waals surface area contributed by atoms with Crippen LogP contribution in [-0.2, 0) is 4.79 Å². The summed E-state index contributed by atoms with van der Waals surface area (Å²) in [6.07, 6.45) is 2.69. The molecule has 1 aliphatic rings. The van der Waals surface area contributed by atoms with Crippen LogP contribution in [0.1, 0.15) is 27.2 Å². The molecule has 0 aliphatic carbocycles. The van der Waals surface area contributed by atoms with Gasteiger partial charge in [-0.15, -0.1) is 24.0 Å². The number of rotatable bonds is 4. The second-order valence-electron chi connectivity index (χ2n) is 7.11. The SMILES string of the molecule is CN=C(NCC(=O)NC(C)(C)C)NC1CCN(c2ncccc2Cl)C1.I. The number of pyridine rings is 1. The van der Waals surface area contributed by atoms with E-state index in [1.807, 2.05) is 32.9 Å². The number of anilines is 1. The first kappa shape index (κ1) is 22.8. The summed E-state index contributed by atoms with van der Waals surface area (Å²) in [5.41, 5.74) is -0.246. The fourth-order valence-corrected chi connectivity index (χ4v) is 2.94. The maximum absolute atomic E-state index is 11.9. The van der Waals surface area contributed by atoms with Crippen LogP contribution in [0.2, 0.25) is 5.02 Å². The molecule has 26 heavy (non-hydrogen) atoms. The zero-order chi connectivity index (χ0) is 18.4. The predicted octanol–water partition coefficient (Wildman–Crippen LogP) is 2.01. The minimum absolute atomic E-state index is 0. The molecule has 1 aromatic rings. The number of aromatic nitrogens is 1. The topological polar surface area (TPSA) is 81.6 Å². The van der Waals surface area contributed by atoms with E-state index in [2.05, 4.69) is 30.8 Å². The Morgan fingerprint density at radius 1 is 1.46 bits per heavy atom. The van der Waals surface area contributed by atoms with Gasteiger partial charge >= 0.3 is 0 Å². The minimum Gasteiger partial charge on any atom is -0.353 e. The average molecular weight is 495 g/mol.